The van der Waals surface area contributed by atoms with E-state index in [1.54, 1.807) is 106 Å². The maximum absolute atomic E-state index is 13.2. The molecule has 0 N–H and O–H groups in total. The monoisotopic (exact) mass is 484 g/mol. The molecule has 8 heteroatoms. The van der Waals surface area contributed by atoms with Gasteiger partial charge in [-0.15, -0.1) is 0 Å². The molecule has 0 saturated carbocycles. The van der Waals surface area contributed by atoms with E-state index in [2.05, 4.69) is 4.98 Å². The minimum Gasteiger partial charge on any atom is -0.497 e. The summed E-state index contributed by atoms with van der Waals surface area (Å²) in [6, 6.07) is 20.3. The van der Waals surface area contributed by atoms with Crippen LogP contribution in [0.25, 0.3) is 11.8 Å². The number of imidazole rings is 1. The Bertz CT molecular complexity index is 1370. The van der Waals surface area contributed by atoms with Gasteiger partial charge in [-0.25, -0.2) is 9.78 Å². The molecular formula is C28H24N2O6. The van der Waals surface area contributed by atoms with Gasteiger partial charge in [0, 0.05) is 29.6 Å². The number of rotatable bonds is 8. The largest absolute Gasteiger partial charge is 0.497 e. The Morgan fingerprint density at radius 1 is 0.694 bits per heavy atom. The van der Waals surface area contributed by atoms with Crippen LogP contribution in [0.5, 0.6) is 17.2 Å². The summed E-state index contributed by atoms with van der Waals surface area (Å²) in [7, 11) is 4.67. The summed E-state index contributed by atoms with van der Waals surface area (Å²) in [6.45, 7) is 0. The molecule has 0 amide bonds. The minimum absolute atomic E-state index is 0.216. The van der Waals surface area contributed by atoms with Crippen molar-refractivity contribution in [3.05, 3.63) is 108 Å². The molecule has 0 fully saturated rings. The smallest absolute Gasteiger partial charge is 0.343 e. The molecule has 182 valence electrons. The molecule has 0 atom stereocenters. The number of ether oxygens (including phenoxy) is 4. The highest BCUT2D eigenvalue weighted by molar-refractivity contribution is 5.98. The average molecular weight is 485 g/mol. The molecule has 0 saturated heterocycles. The van der Waals surface area contributed by atoms with Crippen molar-refractivity contribution in [3.8, 4) is 17.2 Å². The Morgan fingerprint density at radius 3 is 1.67 bits per heavy atom. The number of benzene rings is 3. The van der Waals surface area contributed by atoms with Gasteiger partial charge in [0.1, 0.15) is 28.8 Å². The van der Waals surface area contributed by atoms with Crippen molar-refractivity contribution in [2.45, 2.75) is 0 Å². The van der Waals surface area contributed by atoms with E-state index in [1.807, 2.05) is 0 Å². The highest BCUT2D eigenvalue weighted by Gasteiger charge is 2.17. The fourth-order valence-corrected chi connectivity index (χ4v) is 3.40. The Hall–Kier alpha value is -4.85. The maximum atomic E-state index is 13.2. The van der Waals surface area contributed by atoms with Crippen molar-refractivity contribution in [2.24, 2.45) is 0 Å². The number of nitrogens with zero attached hydrogens (tertiary/aromatic N) is 2. The maximum Gasteiger partial charge on any atom is 0.343 e. The van der Waals surface area contributed by atoms with Crippen molar-refractivity contribution < 1.29 is 28.5 Å². The molecule has 3 aromatic carbocycles. The fourth-order valence-electron chi connectivity index (χ4n) is 3.40. The molecule has 0 unspecified atom stereocenters. The number of hydrogen-bond acceptors (Lipinski definition) is 7. The summed E-state index contributed by atoms with van der Waals surface area (Å²) < 4.78 is 22.7. The van der Waals surface area contributed by atoms with Crippen LogP contribution in [-0.2, 0) is 4.74 Å². The highest BCUT2D eigenvalue weighted by Crippen LogP contribution is 2.24. The van der Waals surface area contributed by atoms with Gasteiger partial charge >= 0.3 is 5.97 Å². The third-order valence-corrected chi connectivity index (χ3v) is 5.39. The predicted molar refractivity (Wildman–Crippen MR) is 134 cm³/mol. The normalized spacial score (nSPS) is 11.0. The van der Waals surface area contributed by atoms with Crippen molar-refractivity contribution in [3.63, 3.8) is 0 Å². The van der Waals surface area contributed by atoms with Crippen LogP contribution < -0.4 is 14.2 Å². The minimum atomic E-state index is -0.570. The number of carbonyl (C=O) groups is 2. The van der Waals surface area contributed by atoms with Crippen LogP contribution in [0.15, 0.2) is 85.2 Å². The van der Waals surface area contributed by atoms with Crippen molar-refractivity contribution in [2.75, 3.05) is 21.3 Å². The third kappa shape index (κ3) is 5.44. The number of hydrogen-bond donors (Lipinski definition) is 0. The van der Waals surface area contributed by atoms with Gasteiger partial charge in [0.15, 0.2) is 0 Å². The number of methoxy groups -OCH3 is 3. The highest BCUT2D eigenvalue weighted by atomic mass is 16.5. The van der Waals surface area contributed by atoms with Gasteiger partial charge in [-0.05, 0) is 72.8 Å². The molecule has 0 aliphatic carbocycles. The molecule has 4 rings (SSSR count). The summed E-state index contributed by atoms with van der Waals surface area (Å²) in [5, 5.41) is 0. The van der Waals surface area contributed by atoms with Gasteiger partial charge in [-0.1, -0.05) is 0 Å². The molecule has 8 nitrogen and oxygen atoms in total. The van der Waals surface area contributed by atoms with Gasteiger partial charge in [-0.3, -0.25) is 9.36 Å². The SMILES string of the molecule is COc1ccc(C(=O)OC(=Cc2nccn2C(=O)c2ccc(OC)cc2)c2ccc(OC)cc2)cc1. The van der Waals surface area contributed by atoms with Gasteiger partial charge in [0.05, 0.1) is 26.9 Å². The second-order valence-corrected chi connectivity index (χ2v) is 7.54. The van der Waals surface area contributed by atoms with E-state index in [4.69, 9.17) is 18.9 Å². The van der Waals surface area contributed by atoms with Gasteiger partial charge in [-0.2, -0.15) is 0 Å². The van der Waals surface area contributed by atoms with E-state index in [0.29, 0.717) is 39.8 Å². The van der Waals surface area contributed by atoms with Crippen LogP contribution in [0, 0.1) is 0 Å². The zero-order valence-corrected chi connectivity index (χ0v) is 20.0. The predicted octanol–water partition coefficient (Wildman–Crippen LogP) is 4.95. The average Bonchev–Trinajstić information content (AvgIpc) is 3.40. The lowest BCUT2D eigenvalue weighted by atomic mass is 10.1. The van der Waals surface area contributed by atoms with Crippen LogP contribution in [0.1, 0.15) is 32.1 Å². The first-order valence-corrected chi connectivity index (χ1v) is 11.0. The number of esters is 1. The van der Waals surface area contributed by atoms with Gasteiger partial charge in [0.25, 0.3) is 5.91 Å². The summed E-state index contributed by atoms with van der Waals surface area (Å²) in [5.41, 5.74) is 1.39. The summed E-state index contributed by atoms with van der Waals surface area (Å²) in [5.74, 6) is 1.56. The molecular weight excluding hydrogens is 460 g/mol. The fraction of sp³-hybridized carbons (Fsp3) is 0.107. The molecule has 0 aliphatic rings. The number of aromatic nitrogens is 2. The Labute approximate surface area is 208 Å². The lowest BCUT2D eigenvalue weighted by molar-refractivity contribution is 0.0693. The third-order valence-electron chi connectivity index (χ3n) is 5.39. The molecule has 0 radical (unpaired) electrons. The van der Waals surface area contributed by atoms with E-state index in [-0.39, 0.29) is 11.7 Å². The lowest BCUT2D eigenvalue weighted by Gasteiger charge is -2.11. The van der Waals surface area contributed by atoms with Crippen molar-refractivity contribution >= 4 is 23.7 Å². The quantitative estimate of drug-likeness (QED) is 0.258. The second kappa shape index (κ2) is 11.1. The van der Waals surface area contributed by atoms with Crippen LogP contribution in [0.3, 0.4) is 0 Å². The van der Waals surface area contributed by atoms with Crippen molar-refractivity contribution in [1.29, 1.82) is 0 Å². The van der Waals surface area contributed by atoms with Crippen LogP contribution in [0.4, 0.5) is 0 Å². The Morgan fingerprint density at radius 2 is 1.17 bits per heavy atom. The van der Waals surface area contributed by atoms with Gasteiger partial charge in [0.2, 0.25) is 0 Å². The topological polar surface area (TPSA) is 88.9 Å². The molecule has 4 aromatic rings. The molecule has 36 heavy (non-hydrogen) atoms. The van der Waals surface area contributed by atoms with Crippen molar-refractivity contribution in [1.82, 2.24) is 9.55 Å². The lowest BCUT2D eigenvalue weighted by Crippen LogP contribution is -2.13. The first kappa shape index (κ1) is 24.3. The van der Waals surface area contributed by atoms with Gasteiger partial charge < -0.3 is 18.9 Å². The summed E-state index contributed by atoms with van der Waals surface area (Å²) >= 11 is 0. The molecule has 1 aromatic heterocycles. The molecule has 1 heterocycles. The van der Waals surface area contributed by atoms with E-state index in [0.717, 1.165) is 0 Å². The van der Waals surface area contributed by atoms with E-state index >= 15 is 0 Å². The standard InChI is InChI=1S/C28H24N2O6/c1-33-22-10-4-19(5-11-22)25(36-28(32)21-8-14-24(35-3)15-9-21)18-26-29-16-17-30(26)27(31)20-6-12-23(34-2)13-7-20/h4-18H,1-3H3. The zero-order valence-electron chi connectivity index (χ0n) is 20.0. The molecule has 0 spiro atoms. The van der Waals surface area contributed by atoms with E-state index < -0.39 is 5.97 Å². The van der Waals surface area contributed by atoms with E-state index in [9.17, 15) is 9.59 Å². The zero-order chi connectivity index (χ0) is 25.5. The first-order valence-electron chi connectivity index (χ1n) is 11.0. The van der Waals surface area contributed by atoms with Crippen LogP contribution in [-0.4, -0.2) is 42.8 Å². The van der Waals surface area contributed by atoms with E-state index in [1.165, 1.54) is 10.8 Å². The van der Waals surface area contributed by atoms with Crippen LogP contribution in [0.2, 0.25) is 0 Å². The van der Waals surface area contributed by atoms with Crippen LogP contribution >= 0.6 is 0 Å². The Balaban J connectivity index is 1.69. The summed E-state index contributed by atoms with van der Waals surface area (Å²) in [6.07, 6.45) is 4.60. The summed E-state index contributed by atoms with van der Waals surface area (Å²) in [4.78, 5) is 30.4. The number of carbonyl (C=O) groups excluding carboxylic acids is 2. The second-order valence-electron chi connectivity index (χ2n) is 7.54. The molecule has 0 bridgehead atoms. The molecule has 0 aliphatic heterocycles. The first-order chi connectivity index (χ1) is 17.5. The Kier molecular flexibility index (Phi) is 7.45.